The summed E-state index contributed by atoms with van der Waals surface area (Å²) in [6.45, 7) is 0. The quantitative estimate of drug-likeness (QED) is 0.570. The van der Waals surface area contributed by atoms with Crippen LogP contribution in [0.25, 0.3) is 0 Å². The summed E-state index contributed by atoms with van der Waals surface area (Å²) in [6, 6.07) is 8.02. The van der Waals surface area contributed by atoms with Crippen LogP contribution in [0.1, 0.15) is 5.56 Å². The number of nitrogen functional groups attached to an aromatic ring is 1. The molecule has 0 radical (unpaired) electrons. The Bertz CT molecular complexity index is 708. The van der Waals surface area contributed by atoms with E-state index in [2.05, 4.69) is 31.9 Å². The number of nitrogens with one attached hydrogen (secondary N) is 1. The van der Waals surface area contributed by atoms with Crippen molar-refractivity contribution in [1.29, 1.82) is 5.41 Å². The fourth-order valence-corrected chi connectivity index (χ4v) is 2.61. The van der Waals surface area contributed by atoms with Gasteiger partial charge in [-0.1, -0.05) is 0 Å². The maximum atomic E-state index is 14.2. The van der Waals surface area contributed by atoms with Gasteiger partial charge in [-0.2, -0.15) is 0 Å². The van der Waals surface area contributed by atoms with E-state index in [4.69, 9.17) is 20.6 Å². The molecule has 3 N–H and O–H groups in total. The minimum Gasteiger partial charge on any atom is -0.497 e. The van der Waals surface area contributed by atoms with Gasteiger partial charge in [0.15, 0.2) is 11.6 Å². The van der Waals surface area contributed by atoms with E-state index in [0.717, 1.165) is 0 Å². The number of benzene rings is 2. The second-order valence-corrected chi connectivity index (χ2v) is 5.70. The van der Waals surface area contributed by atoms with Gasteiger partial charge in [0, 0.05) is 5.56 Å². The van der Waals surface area contributed by atoms with E-state index in [9.17, 15) is 4.39 Å². The number of methoxy groups -OCH3 is 1. The first kappa shape index (κ1) is 15.8. The maximum absolute atomic E-state index is 14.2. The first-order valence-electron chi connectivity index (χ1n) is 5.77. The van der Waals surface area contributed by atoms with Crippen molar-refractivity contribution in [3.63, 3.8) is 0 Å². The van der Waals surface area contributed by atoms with Crippen LogP contribution in [-0.2, 0) is 0 Å². The highest BCUT2D eigenvalue weighted by atomic mass is 79.9. The summed E-state index contributed by atoms with van der Waals surface area (Å²) in [7, 11) is 1.56. The Balaban J connectivity index is 2.36. The van der Waals surface area contributed by atoms with Crippen LogP contribution in [0.5, 0.6) is 17.2 Å². The van der Waals surface area contributed by atoms with Crippen molar-refractivity contribution in [2.24, 2.45) is 5.73 Å². The van der Waals surface area contributed by atoms with Gasteiger partial charge in [-0.15, -0.1) is 0 Å². The average Bonchev–Trinajstić information content (AvgIpc) is 2.45. The summed E-state index contributed by atoms with van der Waals surface area (Å²) in [6.07, 6.45) is 0. The number of amidine groups is 1. The van der Waals surface area contributed by atoms with Gasteiger partial charge in [0.05, 0.1) is 16.1 Å². The fraction of sp³-hybridized carbons (Fsp3) is 0.0714. The predicted molar refractivity (Wildman–Crippen MR) is 85.9 cm³/mol. The molecule has 0 unspecified atom stereocenters. The van der Waals surface area contributed by atoms with Gasteiger partial charge in [-0.3, -0.25) is 5.41 Å². The summed E-state index contributed by atoms with van der Waals surface area (Å²) < 4.78 is 25.6. The molecule has 0 aliphatic heterocycles. The molecule has 21 heavy (non-hydrogen) atoms. The molecular formula is C14H11Br2FN2O2. The molecule has 7 heteroatoms. The average molecular weight is 418 g/mol. The lowest BCUT2D eigenvalue weighted by Crippen LogP contribution is -2.12. The van der Waals surface area contributed by atoms with Crippen molar-refractivity contribution in [1.82, 2.24) is 0 Å². The summed E-state index contributed by atoms with van der Waals surface area (Å²) in [5.41, 5.74) is 5.64. The zero-order valence-electron chi connectivity index (χ0n) is 10.9. The molecule has 2 aromatic carbocycles. The summed E-state index contributed by atoms with van der Waals surface area (Å²) in [4.78, 5) is 0. The highest BCUT2D eigenvalue weighted by Crippen LogP contribution is 2.36. The lowest BCUT2D eigenvalue weighted by molar-refractivity contribution is 0.410. The zero-order chi connectivity index (χ0) is 15.6. The lowest BCUT2D eigenvalue weighted by Gasteiger charge is -2.12. The molecule has 0 bridgehead atoms. The number of rotatable bonds is 4. The second kappa shape index (κ2) is 6.44. The third kappa shape index (κ3) is 3.36. The molecule has 0 aliphatic carbocycles. The predicted octanol–water partition coefficient (Wildman–Crippen LogP) is 4.44. The standard InChI is InChI=1S/C14H11Br2FN2O2/c1-20-7-2-4-10(9(15)6-7)21-11-5-3-8(14(18)19)12(16)13(11)17/h2-6H,1H3,(H3,18,19). The van der Waals surface area contributed by atoms with Crippen molar-refractivity contribution < 1.29 is 13.9 Å². The first-order valence-corrected chi connectivity index (χ1v) is 7.36. The van der Waals surface area contributed by atoms with Crippen molar-refractivity contribution in [3.05, 3.63) is 50.7 Å². The molecule has 0 aliphatic rings. The van der Waals surface area contributed by atoms with Crippen molar-refractivity contribution in [3.8, 4) is 17.2 Å². The normalized spacial score (nSPS) is 10.3. The van der Waals surface area contributed by atoms with Gasteiger partial charge in [0.1, 0.15) is 17.3 Å². The van der Waals surface area contributed by atoms with E-state index < -0.39 is 5.82 Å². The first-order chi connectivity index (χ1) is 9.93. The zero-order valence-corrected chi connectivity index (χ0v) is 14.1. The summed E-state index contributed by atoms with van der Waals surface area (Å²) >= 11 is 6.41. The molecule has 0 aromatic heterocycles. The van der Waals surface area contributed by atoms with Crippen molar-refractivity contribution >= 4 is 37.7 Å². The molecule has 0 amide bonds. The molecule has 0 saturated heterocycles. The van der Waals surface area contributed by atoms with Crippen molar-refractivity contribution in [2.45, 2.75) is 0 Å². The molecule has 4 nitrogen and oxygen atoms in total. The van der Waals surface area contributed by atoms with Crippen LogP contribution in [0, 0.1) is 11.2 Å². The Morgan fingerprint density at radius 3 is 2.43 bits per heavy atom. The van der Waals surface area contributed by atoms with Crippen LogP contribution in [0.15, 0.2) is 39.3 Å². The third-order valence-electron chi connectivity index (χ3n) is 2.70. The molecule has 2 aromatic rings. The van der Waals surface area contributed by atoms with Gasteiger partial charge >= 0.3 is 0 Å². The largest absolute Gasteiger partial charge is 0.497 e. The Labute approximate surface area is 137 Å². The van der Waals surface area contributed by atoms with Crippen LogP contribution >= 0.6 is 31.9 Å². The SMILES string of the molecule is COc1ccc(Oc2ccc(C(=N)N)c(Br)c2F)c(Br)c1. The molecule has 110 valence electrons. The number of halogens is 3. The van der Waals surface area contributed by atoms with Crippen LogP contribution in [-0.4, -0.2) is 12.9 Å². The second-order valence-electron chi connectivity index (χ2n) is 4.05. The fourth-order valence-electron chi connectivity index (χ4n) is 1.63. The molecule has 0 atom stereocenters. The summed E-state index contributed by atoms with van der Waals surface area (Å²) in [5, 5.41) is 7.36. The minimum atomic E-state index is -0.620. The van der Waals surface area contributed by atoms with Crippen LogP contribution in [0.2, 0.25) is 0 Å². The van der Waals surface area contributed by atoms with Crippen LogP contribution < -0.4 is 15.2 Å². The number of hydrogen-bond donors (Lipinski definition) is 2. The van der Waals surface area contributed by atoms with Crippen molar-refractivity contribution in [2.75, 3.05) is 7.11 Å². The smallest absolute Gasteiger partial charge is 0.180 e. The third-order valence-corrected chi connectivity index (χ3v) is 4.09. The van der Waals surface area contributed by atoms with E-state index in [1.165, 1.54) is 12.1 Å². The van der Waals surface area contributed by atoms with Gasteiger partial charge < -0.3 is 15.2 Å². The number of hydrogen-bond acceptors (Lipinski definition) is 3. The van der Waals surface area contributed by atoms with Gasteiger partial charge in [-0.25, -0.2) is 4.39 Å². The van der Waals surface area contributed by atoms with E-state index in [1.807, 2.05) is 0 Å². The van der Waals surface area contributed by atoms with E-state index >= 15 is 0 Å². The number of nitrogens with two attached hydrogens (primary N) is 1. The Kier molecular flexibility index (Phi) is 4.84. The molecular weight excluding hydrogens is 407 g/mol. The van der Waals surface area contributed by atoms with E-state index in [-0.39, 0.29) is 21.6 Å². The van der Waals surface area contributed by atoms with Crippen LogP contribution in [0.4, 0.5) is 4.39 Å². The number of ether oxygens (including phenoxy) is 2. The highest BCUT2D eigenvalue weighted by molar-refractivity contribution is 9.10. The Morgan fingerprint density at radius 2 is 1.86 bits per heavy atom. The Morgan fingerprint density at radius 1 is 1.19 bits per heavy atom. The molecule has 0 heterocycles. The summed E-state index contributed by atoms with van der Waals surface area (Å²) in [5.74, 6) is 0.279. The van der Waals surface area contributed by atoms with E-state index in [1.54, 1.807) is 25.3 Å². The molecule has 2 rings (SSSR count). The lowest BCUT2D eigenvalue weighted by atomic mass is 10.2. The topological polar surface area (TPSA) is 68.3 Å². The molecule has 0 spiro atoms. The van der Waals surface area contributed by atoms with Gasteiger partial charge in [-0.05, 0) is 62.2 Å². The van der Waals surface area contributed by atoms with Gasteiger partial charge in [0.2, 0.25) is 0 Å². The molecule has 0 saturated carbocycles. The Hall–Kier alpha value is -1.60. The molecule has 0 fully saturated rings. The van der Waals surface area contributed by atoms with Gasteiger partial charge in [0.25, 0.3) is 0 Å². The van der Waals surface area contributed by atoms with E-state index in [0.29, 0.717) is 16.0 Å². The highest BCUT2D eigenvalue weighted by Gasteiger charge is 2.15. The van der Waals surface area contributed by atoms with Crippen LogP contribution in [0.3, 0.4) is 0 Å². The maximum Gasteiger partial charge on any atom is 0.180 e. The monoisotopic (exact) mass is 416 g/mol. The minimum absolute atomic E-state index is 0.0257.